The quantitative estimate of drug-likeness (QED) is 0.902. The summed E-state index contributed by atoms with van der Waals surface area (Å²) in [6.07, 6.45) is -3.54. The van der Waals surface area contributed by atoms with Gasteiger partial charge in [0.25, 0.3) is 5.91 Å². The third kappa shape index (κ3) is 4.86. The summed E-state index contributed by atoms with van der Waals surface area (Å²) in [5.74, 6) is -0.377. The largest absolute Gasteiger partial charge is 0.481 e. The molecule has 0 aliphatic carbocycles. The minimum absolute atomic E-state index is 0.00671. The fourth-order valence-electron chi connectivity index (χ4n) is 2.43. The smallest absolute Gasteiger partial charge is 0.416 e. The fourth-order valence-corrected chi connectivity index (χ4v) is 2.43. The molecule has 1 fully saturated rings. The Bertz CT molecular complexity index is 542. The van der Waals surface area contributed by atoms with Gasteiger partial charge >= 0.3 is 6.18 Å². The third-order valence-corrected chi connectivity index (χ3v) is 3.74. The molecule has 0 radical (unpaired) electrons. The fraction of sp³-hybridized carbons (Fsp3) is 0.562. The van der Waals surface area contributed by atoms with Crippen molar-refractivity contribution in [3.8, 4) is 5.75 Å². The van der Waals surface area contributed by atoms with Gasteiger partial charge in [-0.25, -0.2) is 0 Å². The SMILES string of the molecule is C[C@H](Oc1cccc(C(F)(F)F)c1)C(=O)N[C@H](C)[C@H]1CCCO1. The van der Waals surface area contributed by atoms with Crippen LogP contribution >= 0.6 is 0 Å². The predicted molar refractivity (Wildman–Crippen MR) is 78.1 cm³/mol. The summed E-state index contributed by atoms with van der Waals surface area (Å²) in [5.41, 5.74) is -0.810. The average molecular weight is 331 g/mol. The Morgan fingerprint density at radius 2 is 2.13 bits per heavy atom. The molecule has 3 atom stereocenters. The van der Waals surface area contributed by atoms with Gasteiger partial charge in [-0.15, -0.1) is 0 Å². The number of halogens is 3. The zero-order chi connectivity index (χ0) is 17.0. The minimum atomic E-state index is -4.45. The zero-order valence-electron chi connectivity index (χ0n) is 13.0. The van der Waals surface area contributed by atoms with Gasteiger partial charge < -0.3 is 14.8 Å². The van der Waals surface area contributed by atoms with Gasteiger partial charge in [0.15, 0.2) is 6.10 Å². The highest BCUT2D eigenvalue weighted by molar-refractivity contribution is 5.81. The van der Waals surface area contributed by atoms with Crippen LogP contribution in [0.25, 0.3) is 0 Å². The van der Waals surface area contributed by atoms with Crippen molar-refractivity contribution in [3.05, 3.63) is 29.8 Å². The normalized spacial score (nSPS) is 20.8. The van der Waals surface area contributed by atoms with Crippen LogP contribution in [0.5, 0.6) is 5.75 Å². The maximum atomic E-state index is 12.7. The Kier molecular flexibility index (Phi) is 5.51. The van der Waals surface area contributed by atoms with Gasteiger partial charge in [-0.05, 0) is 44.9 Å². The van der Waals surface area contributed by atoms with E-state index in [1.807, 2.05) is 6.92 Å². The lowest BCUT2D eigenvalue weighted by molar-refractivity contribution is -0.137. The van der Waals surface area contributed by atoms with Crippen molar-refractivity contribution in [1.29, 1.82) is 0 Å². The molecule has 7 heteroatoms. The summed E-state index contributed by atoms with van der Waals surface area (Å²) in [5, 5.41) is 2.78. The first kappa shape index (κ1) is 17.6. The van der Waals surface area contributed by atoms with Crippen LogP contribution in [0.15, 0.2) is 24.3 Å². The summed E-state index contributed by atoms with van der Waals surface area (Å²) < 4.78 is 48.8. The Morgan fingerprint density at radius 1 is 1.39 bits per heavy atom. The Morgan fingerprint density at radius 3 is 2.74 bits per heavy atom. The first-order valence-electron chi connectivity index (χ1n) is 7.53. The number of carbonyl (C=O) groups excluding carboxylic acids is 1. The van der Waals surface area contributed by atoms with Gasteiger partial charge in [-0.3, -0.25) is 4.79 Å². The molecule has 1 heterocycles. The van der Waals surface area contributed by atoms with Crippen molar-refractivity contribution in [1.82, 2.24) is 5.32 Å². The highest BCUT2D eigenvalue weighted by Gasteiger charge is 2.31. The number of hydrogen-bond donors (Lipinski definition) is 1. The van der Waals surface area contributed by atoms with Crippen molar-refractivity contribution in [3.63, 3.8) is 0 Å². The second-order valence-electron chi connectivity index (χ2n) is 5.63. The van der Waals surface area contributed by atoms with Crippen LogP contribution in [0.2, 0.25) is 0 Å². The third-order valence-electron chi connectivity index (χ3n) is 3.74. The molecule has 23 heavy (non-hydrogen) atoms. The molecule has 1 saturated heterocycles. The number of alkyl halides is 3. The Hall–Kier alpha value is -1.76. The molecule has 1 amide bonds. The summed E-state index contributed by atoms with van der Waals surface area (Å²) in [6.45, 7) is 4.02. The molecule has 1 N–H and O–H groups in total. The highest BCUT2D eigenvalue weighted by Crippen LogP contribution is 2.31. The van der Waals surface area contributed by atoms with Crippen molar-refractivity contribution >= 4 is 5.91 Å². The molecule has 128 valence electrons. The van der Waals surface area contributed by atoms with Gasteiger partial charge in [0.1, 0.15) is 5.75 Å². The van der Waals surface area contributed by atoms with E-state index >= 15 is 0 Å². The van der Waals surface area contributed by atoms with E-state index in [0.29, 0.717) is 6.61 Å². The number of ether oxygens (including phenoxy) is 2. The molecule has 0 spiro atoms. The summed E-state index contributed by atoms with van der Waals surface area (Å²) >= 11 is 0. The van der Waals surface area contributed by atoms with Crippen LogP contribution in [0.4, 0.5) is 13.2 Å². The molecule has 0 unspecified atom stereocenters. The van der Waals surface area contributed by atoms with Crippen LogP contribution in [-0.2, 0) is 15.7 Å². The molecule has 0 saturated carbocycles. The van der Waals surface area contributed by atoms with Crippen LogP contribution in [0.3, 0.4) is 0 Å². The molecule has 4 nitrogen and oxygen atoms in total. The molecule has 1 aromatic rings. The molecule has 1 aliphatic heterocycles. The number of amides is 1. The van der Waals surface area contributed by atoms with Gasteiger partial charge in [0.05, 0.1) is 17.7 Å². The number of nitrogens with one attached hydrogen (secondary N) is 1. The summed E-state index contributed by atoms with van der Waals surface area (Å²) in [7, 11) is 0. The number of hydrogen-bond acceptors (Lipinski definition) is 3. The van der Waals surface area contributed by atoms with E-state index in [1.54, 1.807) is 0 Å². The molecule has 1 aliphatic rings. The van der Waals surface area contributed by atoms with Crippen molar-refractivity contribution < 1.29 is 27.4 Å². The Labute approximate surface area is 133 Å². The monoisotopic (exact) mass is 331 g/mol. The zero-order valence-corrected chi connectivity index (χ0v) is 13.0. The van der Waals surface area contributed by atoms with E-state index in [9.17, 15) is 18.0 Å². The topological polar surface area (TPSA) is 47.6 Å². The van der Waals surface area contributed by atoms with Gasteiger partial charge in [0, 0.05) is 6.61 Å². The van der Waals surface area contributed by atoms with Crippen molar-refractivity contribution in [2.75, 3.05) is 6.61 Å². The first-order valence-corrected chi connectivity index (χ1v) is 7.53. The molecular formula is C16H20F3NO3. The van der Waals surface area contributed by atoms with Gasteiger partial charge in [-0.2, -0.15) is 13.2 Å². The lowest BCUT2D eigenvalue weighted by Gasteiger charge is -2.22. The lowest BCUT2D eigenvalue weighted by atomic mass is 10.1. The maximum absolute atomic E-state index is 12.7. The summed E-state index contributed by atoms with van der Waals surface area (Å²) in [6, 6.07) is 4.31. The van der Waals surface area contributed by atoms with Gasteiger partial charge in [0.2, 0.25) is 0 Å². The van der Waals surface area contributed by atoms with E-state index in [1.165, 1.54) is 19.1 Å². The minimum Gasteiger partial charge on any atom is -0.481 e. The van der Waals surface area contributed by atoms with Crippen molar-refractivity contribution in [2.45, 2.75) is 51.1 Å². The van der Waals surface area contributed by atoms with E-state index in [0.717, 1.165) is 25.0 Å². The second-order valence-corrected chi connectivity index (χ2v) is 5.63. The molecule has 0 bridgehead atoms. The summed E-state index contributed by atoms with van der Waals surface area (Å²) in [4.78, 5) is 12.1. The molecular weight excluding hydrogens is 311 g/mol. The number of benzene rings is 1. The standard InChI is InChI=1S/C16H20F3NO3/c1-10(14-7-4-8-22-14)20-15(21)11(2)23-13-6-3-5-12(9-13)16(17,18)19/h3,5-6,9-11,14H,4,7-8H2,1-2H3,(H,20,21)/t10-,11+,14-/m1/s1. The van der Waals surface area contributed by atoms with E-state index in [2.05, 4.69) is 5.32 Å². The van der Waals surface area contributed by atoms with Crippen LogP contribution in [0.1, 0.15) is 32.3 Å². The van der Waals surface area contributed by atoms with E-state index < -0.39 is 17.8 Å². The molecule has 1 aromatic carbocycles. The number of carbonyl (C=O) groups is 1. The predicted octanol–water partition coefficient (Wildman–Crippen LogP) is 3.16. The Balaban J connectivity index is 1.93. The van der Waals surface area contributed by atoms with Crippen LogP contribution in [0, 0.1) is 0 Å². The van der Waals surface area contributed by atoms with Crippen LogP contribution in [-0.4, -0.2) is 30.8 Å². The van der Waals surface area contributed by atoms with Crippen LogP contribution < -0.4 is 10.1 Å². The maximum Gasteiger partial charge on any atom is 0.416 e. The van der Waals surface area contributed by atoms with E-state index in [-0.39, 0.29) is 23.8 Å². The average Bonchev–Trinajstić information content (AvgIpc) is 3.00. The van der Waals surface area contributed by atoms with E-state index in [4.69, 9.17) is 9.47 Å². The number of rotatable bonds is 5. The lowest BCUT2D eigenvalue weighted by Crippen LogP contribution is -2.46. The first-order chi connectivity index (χ1) is 10.8. The second kappa shape index (κ2) is 7.21. The molecule has 0 aromatic heterocycles. The highest BCUT2D eigenvalue weighted by atomic mass is 19.4. The van der Waals surface area contributed by atoms with Crippen molar-refractivity contribution in [2.24, 2.45) is 0 Å². The molecule has 2 rings (SSSR count). The van der Waals surface area contributed by atoms with Gasteiger partial charge in [-0.1, -0.05) is 6.07 Å².